The lowest BCUT2D eigenvalue weighted by atomic mass is 9.90. The predicted octanol–water partition coefficient (Wildman–Crippen LogP) is 1.49. The van der Waals surface area contributed by atoms with Crippen LogP contribution in [-0.4, -0.2) is 31.5 Å². The van der Waals surface area contributed by atoms with Crippen LogP contribution in [0.15, 0.2) is 0 Å². The van der Waals surface area contributed by atoms with Crippen LogP contribution in [0.2, 0.25) is 0 Å². The van der Waals surface area contributed by atoms with Crippen LogP contribution < -0.4 is 10.6 Å². The second kappa shape index (κ2) is 4.04. The Kier molecular flexibility index (Phi) is 3.06. The second-order valence-electron chi connectivity index (χ2n) is 6.03. The van der Waals surface area contributed by atoms with Gasteiger partial charge in [0, 0.05) is 24.4 Å². The van der Waals surface area contributed by atoms with Crippen molar-refractivity contribution in [2.24, 2.45) is 5.41 Å². The van der Waals surface area contributed by atoms with Crippen molar-refractivity contribution >= 4 is 0 Å². The van der Waals surface area contributed by atoms with E-state index in [1.807, 2.05) is 0 Å². The minimum Gasteiger partial charge on any atom is -0.360 e. The van der Waals surface area contributed by atoms with Crippen molar-refractivity contribution in [3.63, 3.8) is 0 Å². The molecular weight excluding hydrogens is 188 g/mol. The molecule has 88 valence electrons. The normalized spacial score (nSPS) is 40.6. The molecule has 2 heterocycles. The average Bonchev–Trinajstić information content (AvgIpc) is 2.64. The van der Waals surface area contributed by atoms with Crippen LogP contribution >= 0.6 is 0 Å². The summed E-state index contributed by atoms with van der Waals surface area (Å²) in [5.41, 5.74) is 0.167. The molecule has 0 radical (unpaired) electrons. The molecule has 0 aromatic rings. The molecule has 2 atom stereocenters. The van der Waals surface area contributed by atoms with Crippen molar-refractivity contribution in [2.75, 3.05) is 19.7 Å². The minimum atomic E-state index is -0.114. The van der Waals surface area contributed by atoms with Crippen molar-refractivity contribution in [1.82, 2.24) is 10.6 Å². The zero-order valence-corrected chi connectivity index (χ0v) is 10.2. The van der Waals surface area contributed by atoms with Gasteiger partial charge in [0.1, 0.15) is 5.72 Å². The Bertz CT molecular complexity index is 212. The summed E-state index contributed by atoms with van der Waals surface area (Å²) in [5, 5.41) is 7.08. The molecule has 0 amide bonds. The van der Waals surface area contributed by atoms with E-state index in [2.05, 4.69) is 31.4 Å². The van der Waals surface area contributed by atoms with Gasteiger partial charge in [-0.15, -0.1) is 0 Å². The Balaban J connectivity index is 1.85. The number of nitrogens with one attached hydrogen (secondary N) is 2. The van der Waals surface area contributed by atoms with Crippen LogP contribution in [0.25, 0.3) is 0 Å². The summed E-state index contributed by atoms with van der Waals surface area (Å²) in [7, 11) is 0. The summed E-state index contributed by atoms with van der Waals surface area (Å²) in [5.74, 6) is 0. The number of ether oxygens (including phenoxy) is 1. The van der Waals surface area contributed by atoms with Crippen molar-refractivity contribution in [1.29, 1.82) is 0 Å². The summed E-state index contributed by atoms with van der Waals surface area (Å²) < 4.78 is 5.99. The Morgan fingerprint density at radius 3 is 2.67 bits per heavy atom. The largest absolute Gasteiger partial charge is 0.360 e. The molecule has 3 heteroatoms. The van der Waals surface area contributed by atoms with Gasteiger partial charge in [-0.2, -0.15) is 0 Å². The molecule has 2 N–H and O–H groups in total. The van der Waals surface area contributed by atoms with Gasteiger partial charge in [-0.1, -0.05) is 13.8 Å². The molecule has 0 aliphatic carbocycles. The standard InChI is InChI=1S/C12H24N2O/c1-11(2)8-14-12(3,15-9-11)7-10-5-4-6-13-10/h10,13-14H,4-9H2,1-3H3. The first-order valence-corrected chi connectivity index (χ1v) is 6.12. The number of hydrogen-bond acceptors (Lipinski definition) is 3. The van der Waals surface area contributed by atoms with Gasteiger partial charge < -0.3 is 10.1 Å². The molecule has 2 unspecified atom stereocenters. The fourth-order valence-corrected chi connectivity index (χ4v) is 2.42. The quantitative estimate of drug-likeness (QED) is 0.727. The lowest BCUT2D eigenvalue weighted by molar-refractivity contribution is -0.133. The first-order valence-electron chi connectivity index (χ1n) is 6.12. The molecule has 2 aliphatic rings. The maximum Gasteiger partial charge on any atom is 0.117 e. The van der Waals surface area contributed by atoms with E-state index in [1.165, 1.54) is 19.4 Å². The topological polar surface area (TPSA) is 33.3 Å². The van der Waals surface area contributed by atoms with Gasteiger partial charge in [0.05, 0.1) is 6.61 Å². The first kappa shape index (κ1) is 11.4. The van der Waals surface area contributed by atoms with Crippen LogP contribution in [0, 0.1) is 5.41 Å². The van der Waals surface area contributed by atoms with E-state index in [9.17, 15) is 0 Å². The summed E-state index contributed by atoms with van der Waals surface area (Å²) in [4.78, 5) is 0. The highest BCUT2D eigenvalue weighted by Crippen LogP contribution is 2.28. The molecule has 0 spiro atoms. The lowest BCUT2D eigenvalue weighted by Crippen LogP contribution is -2.57. The van der Waals surface area contributed by atoms with Crippen LogP contribution in [0.3, 0.4) is 0 Å². The average molecular weight is 212 g/mol. The van der Waals surface area contributed by atoms with E-state index < -0.39 is 0 Å². The summed E-state index contributed by atoms with van der Waals surface area (Å²) in [6.45, 7) is 9.76. The smallest absolute Gasteiger partial charge is 0.117 e. The molecule has 2 fully saturated rings. The highest BCUT2D eigenvalue weighted by molar-refractivity contribution is 4.89. The Morgan fingerprint density at radius 1 is 1.33 bits per heavy atom. The maximum atomic E-state index is 5.99. The molecule has 2 aliphatic heterocycles. The second-order valence-corrected chi connectivity index (χ2v) is 6.03. The van der Waals surface area contributed by atoms with Gasteiger partial charge in [-0.3, -0.25) is 5.32 Å². The van der Waals surface area contributed by atoms with E-state index in [4.69, 9.17) is 4.74 Å². The number of hydrogen-bond donors (Lipinski definition) is 2. The van der Waals surface area contributed by atoms with E-state index in [0.29, 0.717) is 6.04 Å². The molecule has 2 saturated heterocycles. The van der Waals surface area contributed by atoms with Gasteiger partial charge in [0.2, 0.25) is 0 Å². The Labute approximate surface area is 93.0 Å². The van der Waals surface area contributed by atoms with Crippen molar-refractivity contribution < 1.29 is 4.74 Å². The van der Waals surface area contributed by atoms with Crippen LogP contribution in [-0.2, 0) is 4.74 Å². The van der Waals surface area contributed by atoms with Crippen molar-refractivity contribution in [2.45, 2.75) is 51.8 Å². The molecule has 15 heavy (non-hydrogen) atoms. The summed E-state index contributed by atoms with van der Waals surface area (Å²) in [6.07, 6.45) is 3.69. The Morgan fingerprint density at radius 2 is 2.13 bits per heavy atom. The van der Waals surface area contributed by atoms with Crippen LogP contribution in [0.4, 0.5) is 0 Å². The van der Waals surface area contributed by atoms with Crippen molar-refractivity contribution in [3.05, 3.63) is 0 Å². The SMILES string of the molecule is CC1(C)CNC(C)(CC2CCCN2)OC1. The molecular formula is C12H24N2O. The van der Waals surface area contributed by atoms with Gasteiger partial charge in [-0.05, 0) is 26.3 Å². The molecule has 0 aromatic heterocycles. The molecule has 0 bridgehead atoms. The molecule has 2 rings (SSSR count). The minimum absolute atomic E-state index is 0.114. The van der Waals surface area contributed by atoms with Gasteiger partial charge in [0.25, 0.3) is 0 Å². The van der Waals surface area contributed by atoms with E-state index in [-0.39, 0.29) is 11.1 Å². The van der Waals surface area contributed by atoms with Crippen LogP contribution in [0.5, 0.6) is 0 Å². The highest BCUT2D eigenvalue weighted by Gasteiger charge is 2.37. The maximum absolute atomic E-state index is 5.99. The zero-order valence-electron chi connectivity index (χ0n) is 10.2. The Hall–Kier alpha value is -0.120. The third-order valence-corrected chi connectivity index (χ3v) is 3.52. The third-order valence-electron chi connectivity index (χ3n) is 3.52. The summed E-state index contributed by atoms with van der Waals surface area (Å²) in [6, 6.07) is 0.642. The third kappa shape index (κ3) is 2.92. The van der Waals surface area contributed by atoms with E-state index in [0.717, 1.165) is 19.6 Å². The molecule has 0 aromatic carbocycles. The first-order chi connectivity index (χ1) is 6.99. The fraction of sp³-hybridized carbons (Fsp3) is 1.00. The molecule has 3 nitrogen and oxygen atoms in total. The van der Waals surface area contributed by atoms with Gasteiger partial charge in [-0.25, -0.2) is 0 Å². The monoisotopic (exact) mass is 212 g/mol. The van der Waals surface area contributed by atoms with E-state index in [1.54, 1.807) is 0 Å². The van der Waals surface area contributed by atoms with Crippen LogP contribution in [0.1, 0.15) is 40.0 Å². The van der Waals surface area contributed by atoms with E-state index >= 15 is 0 Å². The summed E-state index contributed by atoms with van der Waals surface area (Å²) >= 11 is 0. The van der Waals surface area contributed by atoms with Gasteiger partial charge in [0.15, 0.2) is 0 Å². The lowest BCUT2D eigenvalue weighted by Gasteiger charge is -2.43. The molecule has 0 saturated carbocycles. The zero-order chi connectivity index (χ0) is 10.9. The van der Waals surface area contributed by atoms with Crippen molar-refractivity contribution in [3.8, 4) is 0 Å². The fourth-order valence-electron chi connectivity index (χ4n) is 2.42. The van der Waals surface area contributed by atoms with Gasteiger partial charge >= 0.3 is 0 Å². The number of rotatable bonds is 2. The predicted molar refractivity (Wildman–Crippen MR) is 61.8 cm³/mol. The highest BCUT2D eigenvalue weighted by atomic mass is 16.5.